The van der Waals surface area contributed by atoms with E-state index in [1.807, 2.05) is 12.1 Å². The third-order valence-electron chi connectivity index (χ3n) is 2.75. The van der Waals surface area contributed by atoms with Gasteiger partial charge < -0.3 is 10.8 Å². The van der Waals surface area contributed by atoms with Crippen LogP contribution in [0, 0.1) is 0 Å². The summed E-state index contributed by atoms with van der Waals surface area (Å²) in [5.74, 6) is -0.561. The van der Waals surface area contributed by atoms with E-state index < -0.39 is 5.97 Å². The first-order valence-electron chi connectivity index (χ1n) is 5.06. The SMILES string of the molecule is Nc1nc2ccc(C(=O)O)cc2c2cccn12. The van der Waals surface area contributed by atoms with E-state index in [1.165, 1.54) is 6.07 Å². The van der Waals surface area contributed by atoms with Crippen LogP contribution in [-0.4, -0.2) is 20.5 Å². The molecule has 0 aliphatic rings. The number of carboxylic acid groups (broad SMARTS) is 1. The van der Waals surface area contributed by atoms with E-state index in [4.69, 9.17) is 10.8 Å². The predicted octanol–water partition coefficient (Wildman–Crippen LogP) is 1.77. The van der Waals surface area contributed by atoms with E-state index >= 15 is 0 Å². The molecule has 1 aromatic carbocycles. The molecule has 5 heteroatoms. The molecule has 0 amide bonds. The fourth-order valence-corrected chi connectivity index (χ4v) is 1.95. The average Bonchev–Trinajstić information content (AvgIpc) is 2.78. The quantitative estimate of drug-likeness (QED) is 0.663. The summed E-state index contributed by atoms with van der Waals surface area (Å²) in [4.78, 5) is 15.2. The number of anilines is 1. The van der Waals surface area contributed by atoms with Crippen molar-refractivity contribution in [1.82, 2.24) is 9.38 Å². The zero-order chi connectivity index (χ0) is 12.0. The van der Waals surface area contributed by atoms with Crippen molar-refractivity contribution in [2.75, 3.05) is 5.73 Å². The minimum Gasteiger partial charge on any atom is -0.478 e. The molecule has 3 aromatic rings. The third-order valence-corrected chi connectivity index (χ3v) is 2.75. The van der Waals surface area contributed by atoms with Gasteiger partial charge in [-0.3, -0.25) is 4.40 Å². The summed E-state index contributed by atoms with van der Waals surface area (Å²) in [5, 5.41) is 9.75. The van der Waals surface area contributed by atoms with Gasteiger partial charge in [-0.05, 0) is 30.3 Å². The summed E-state index contributed by atoms with van der Waals surface area (Å²) in [6, 6.07) is 8.53. The van der Waals surface area contributed by atoms with Crippen molar-refractivity contribution < 1.29 is 9.90 Å². The van der Waals surface area contributed by atoms with Crippen LogP contribution in [0.15, 0.2) is 36.5 Å². The Morgan fingerprint density at radius 1 is 1.35 bits per heavy atom. The second-order valence-electron chi connectivity index (χ2n) is 3.77. The monoisotopic (exact) mass is 227 g/mol. The molecule has 0 aliphatic carbocycles. The molecule has 0 spiro atoms. The highest BCUT2D eigenvalue weighted by Gasteiger charge is 2.09. The van der Waals surface area contributed by atoms with E-state index in [-0.39, 0.29) is 5.56 Å². The fourth-order valence-electron chi connectivity index (χ4n) is 1.95. The highest BCUT2D eigenvalue weighted by Crippen LogP contribution is 2.22. The van der Waals surface area contributed by atoms with Crippen molar-refractivity contribution in [3.8, 4) is 0 Å². The summed E-state index contributed by atoms with van der Waals surface area (Å²) in [7, 11) is 0. The summed E-state index contributed by atoms with van der Waals surface area (Å²) < 4.78 is 1.73. The fraction of sp³-hybridized carbons (Fsp3) is 0. The van der Waals surface area contributed by atoms with Crippen molar-refractivity contribution >= 4 is 28.3 Å². The molecule has 0 bridgehead atoms. The number of hydrogen-bond acceptors (Lipinski definition) is 3. The molecule has 0 saturated carbocycles. The molecule has 0 saturated heterocycles. The summed E-state index contributed by atoms with van der Waals surface area (Å²) in [5.41, 5.74) is 7.59. The minimum atomic E-state index is -0.951. The van der Waals surface area contributed by atoms with Gasteiger partial charge >= 0.3 is 5.97 Å². The second-order valence-corrected chi connectivity index (χ2v) is 3.77. The van der Waals surface area contributed by atoms with Gasteiger partial charge in [0.05, 0.1) is 16.6 Å². The molecule has 0 unspecified atom stereocenters. The van der Waals surface area contributed by atoms with Crippen LogP contribution < -0.4 is 5.73 Å². The first-order chi connectivity index (χ1) is 8.16. The lowest BCUT2D eigenvalue weighted by Crippen LogP contribution is -2.01. The molecule has 84 valence electrons. The number of nitrogen functional groups attached to an aromatic ring is 1. The molecular weight excluding hydrogens is 218 g/mol. The third kappa shape index (κ3) is 1.32. The normalized spacial score (nSPS) is 11.1. The minimum absolute atomic E-state index is 0.243. The van der Waals surface area contributed by atoms with Gasteiger partial charge in [0.2, 0.25) is 5.95 Å². The predicted molar refractivity (Wildman–Crippen MR) is 64.1 cm³/mol. The van der Waals surface area contributed by atoms with Gasteiger partial charge in [-0.25, -0.2) is 9.78 Å². The van der Waals surface area contributed by atoms with Crippen LogP contribution in [0.1, 0.15) is 10.4 Å². The number of aromatic carboxylic acids is 1. The molecule has 2 aromatic heterocycles. The average molecular weight is 227 g/mol. The van der Waals surface area contributed by atoms with Gasteiger partial charge in [0, 0.05) is 11.6 Å². The van der Waals surface area contributed by atoms with Crippen molar-refractivity contribution in [2.45, 2.75) is 0 Å². The number of rotatable bonds is 1. The molecular formula is C12H9N3O2. The van der Waals surface area contributed by atoms with Crippen LogP contribution >= 0.6 is 0 Å². The molecule has 0 fully saturated rings. The smallest absolute Gasteiger partial charge is 0.335 e. The van der Waals surface area contributed by atoms with Crippen LogP contribution in [0.4, 0.5) is 5.95 Å². The molecule has 0 aliphatic heterocycles. The van der Waals surface area contributed by atoms with E-state index in [9.17, 15) is 4.79 Å². The highest BCUT2D eigenvalue weighted by molar-refractivity contribution is 6.00. The Hall–Kier alpha value is -2.56. The van der Waals surface area contributed by atoms with Crippen molar-refractivity contribution in [3.63, 3.8) is 0 Å². The van der Waals surface area contributed by atoms with Gasteiger partial charge in [0.15, 0.2) is 0 Å². The van der Waals surface area contributed by atoms with E-state index in [2.05, 4.69) is 4.98 Å². The van der Waals surface area contributed by atoms with E-state index in [0.29, 0.717) is 11.5 Å². The summed E-state index contributed by atoms with van der Waals surface area (Å²) in [6.45, 7) is 0. The lowest BCUT2D eigenvalue weighted by atomic mass is 10.1. The summed E-state index contributed by atoms with van der Waals surface area (Å²) in [6.07, 6.45) is 1.80. The lowest BCUT2D eigenvalue weighted by Gasteiger charge is -2.05. The highest BCUT2D eigenvalue weighted by atomic mass is 16.4. The van der Waals surface area contributed by atoms with Crippen LogP contribution in [0.2, 0.25) is 0 Å². The van der Waals surface area contributed by atoms with Crippen molar-refractivity contribution in [3.05, 3.63) is 42.1 Å². The topological polar surface area (TPSA) is 80.6 Å². The van der Waals surface area contributed by atoms with Gasteiger partial charge in [-0.2, -0.15) is 0 Å². The molecule has 5 nitrogen and oxygen atoms in total. The lowest BCUT2D eigenvalue weighted by molar-refractivity contribution is 0.0697. The number of nitrogens with zero attached hydrogens (tertiary/aromatic N) is 2. The Labute approximate surface area is 96.1 Å². The molecule has 3 N–H and O–H groups in total. The Bertz CT molecular complexity index is 746. The van der Waals surface area contributed by atoms with Crippen LogP contribution in [0.25, 0.3) is 16.4 Å². The largest absolute Gasteiger partial charge is 0.478 e. The van der Waals surface area contributed by atoms with Gasteiger partial charge in [-0.15, -0.1) is 0 Å². The number of carbonyl (C=O) groups is 1. The van der Waals surface area contributed by atoms with E-state index in [0.717, 1.165) is 10.9 Å². The van der Waals surface area contributed by atoms with Gasteiger partial charge in [0.25, 0.3) is 0 Å². The van der Waals surface area contributed by atoms with Crippen molar-refractivity contribution in [1.29, 1.82) is 0 Å². The van der Waals surface area contributed by atoms with Crippen LogP contribution in [0.5, 0.6) is 0 Å². The molecule has 2 heterocycles. The summed E-state index contributed by atoms with van der Waals surface area (Å²) >= 11 is 0. The number of nitrogens with two attached hydrogens (primary N) is 1. The van der Waals surface area contributed by atoms with Gasteiger partial charge in [0.1, 0.15) is 0 Å². The number of hydrogen-bond donors (Lipinski definition) is 2. The van der Waals surface area contributed by atoms with Crippen molar-refractivity contribution in [2.24, 2.45) is 0 Å². The molecule has 0 atom stereocenters. The van der Waals surface area contributed by atoms with Crippen LogP contribution in [-0.2, 0) is 0 Å². The maximum absolute atomic E-state index is 10.9. The first kappa shape index (κ1) is 9.65. The Kier molecular flexibility index (Phi) is 1.82. The Morgan fingerprint density at radius 2 is 2.18 bits per heavy atom. The number of benzene rings is 1. The Morgan fingerprint density at radius 3 is 2.94 bits per heavy atom. The van der Waals surface area contributed by atoms with Crippen LogP contribution in [0.3, 0.4) is 0 Å². The number of aromatic nitrogens is 2. The number of carboxylic acids is 1. The standard InChI is InChI=1S/C12H9N3O2/c13-12-14-9-4-3-7(11(16)17)6-8(9)10-2-1-5-15(10)12/h1-6H,(H2,13,14)(H,16,17). The Balaban J connectivity index is 2.48. The number of fused-ring (bicyclic) bond motifs is 3. The van der Waals surface area contributed by atoms with E-state index in [1.54, 1.807) is 22.7 Å². The molecule has 0 radical (unpaired) electrons. The first-order valence-corrected chi connectivity index (χ1v) is 5.06. The second kappa shape index (κ2) is 3.21. The maximum Gasteiger partial charge on any atom is 0.335 e. The maximum atomic E-state index is 10.9. The zero-order valence-electron chi connectivity index (χ0n) is 8.79. The van der Waals surface area contributed by atoms with Gasteiger partial charge in [-0.1, -0.05) is 0 Å². The molecule has 3 rings (SSSR count). The molecule has 17 heavy (non-hydrogen) atoms. The zero-order valence-corrected chi connectivity index (χ0v) is 8.79.